The minimum Gasteiger partial charge on any atom is -0.488 e. The quantitative estimate of drug-likeness (QED) is 0.504. The molecule has 6 heteroatoms. The first kappa shape index (κ1) is 18.0. The van der Waals surface area contributed by atoms with Gasteiger partial charge in [0.2, 0.25) is 0 Å². The van der Waals surface area contributed by atoms with Crippen LogP contribution >= 0.6 is 15.9 Å². The van der Waals surface area contributed by atoms with Crippen LogP contribution in [0, 0.1) is 5.82 Å². The van der Waals surface area contributed by atoms with Crippen LogP contribution in [0.15, 0.2) is 46.9 Å². The molecule has 132 valence electrons. The zero-order chi connectivity index (χ0) is 18.0. The van der Waals surface area contributed by atoms with E-state index in [0.717, 1.165) is 40.6 Å². The molecule has 0 radical (unpaired) electrons. The van der Waals surface area contributed by atoms with Gasteiger partial charge in [-0.3, -0.25) is 0 Å². The van der Waals surface area contributed by atoms with Crippen molar-refractivity contribution in [2.75, 3.05) is 0 Å². The molecular weight excluding hydrogens is 400 g/mol. The molecule has 0 heterocycles. The summed E-state index contributed by atoms with van der Waals surface area (Å²) in [7, 11) is 0. The molecule has 0 saturated heterocycles. The first-order chi connectivity index (χ1) is 11.8. The fourth-order valence-corrected chi connectivity index (χ4v) is 3.49. The van der Waals surface area contributed by atoms with Crippen molar-refractivity contribution in [2.45, 2.75) is 32.0 Å². The molecule has 0 bridgehead atoms. The molecule has 0 spiro atoms. The van der Waals surface area contributed by atoms with E-state index in [1.165, 1.54) is 18.2 Å². The molecule has 2 aromatic rings. The van der Waals surface area contributed by atoms with E-state index in [9.17, 15) is 17.6 Å². The minimum absolute atomic E-state index is 0.156. The molecule has 2 aromatic carbocycles. The first-order valence-corrected chi connectivity index (χ1v) is 8.60. The molecule has 0 atom stereocenters. The highest BCUT2D eigenvalue weighted by atomic mass is 79.9. The van der Waals surface area contributed by atoms with Gasteiger partial charge < -0.3 is 4.74 Å². The number of rotatable bonds is 4. The Morgan fingerprint density at radius 3 is 2.32 bits per heavy atom. The van der Waals surface area contributed by atoms with E-state index in [1.54, 1.807) is 12.1 Å². The molecule has 25 heavy (non-hydrogen) atoms. The third-order valence-electron chi connectivity index (χ3n) is 4.09. The third-order valence-corrected chi connectivity index (χ3v) is 4.97. The lowest BCUT2D eigenvalue weighted by Crippen LogP contribution is -2.07. The fourth-order valence-electron chi connectivity index (χ4n) is 2.80. The summed E-state index contributed by atoms with van der Waals surface area (Å²) < 4.78 is 58.8. The molecule has 3 rings (SSSR count). The van der Waals surface area contributed by atoms with Crippen molar-refractivity contribution in [3.8, 4) is 5.75 Å². The number of hydrogen-bond donors (Lipinski definition) is 0. The van der Waals surface area contributed by atoms with Crippen molar-refractivity contribution in [1.82, 2.24) is 0 Å². The average Bonchev–Trinajstić information content (AvgIpc) is 2.99. The van der Waals surface area contributed by atoms with E-state index in [0.29, 0.717) is 17.7 Å². The lowest BCUT2D eigenvalue weighted by molar-refractivity contribution is -0.137. The summed E-state index contributed by atoms with van der Waals surface area (Å²) in [6.45, 7) is 0.156. The van der Waals surface area contributed by atoms with Gasteiger partial charge in [-0.2, -0.15) is 13.2 Å². The summed E-state index contributed by atoms with van der Waals surface area (Å²) in [5.74, 6) is 0.0465. The van der Waals surface area contributed by atoms with Crippen molar-refractivity contribution >= 4 is 21.5 Å². The molecule has 0 aromatic heterocycles. The second-order valence-electron chi connectivity index (χ2n) is 5.86. The Bertz CT molecular complexity index is 794. The number of halogens is 5. The van der Waals surface area contributed by atoms with Crippen LogP contribution in [0.2, 0.25) is 0 Å². The van der Waals surface area contributed by atoms with Gasteiger partial charge in [-0.1, -0.05) is 28.1 Å². The number of alkyl halides is 3. The number of allylic oxidation sites excluding steroid dienone is 2. The summed E-state index contributed by atoms with van der Waals surface area (Å²) in [5, 5.41) is 0. The summed E-state index contributed by atoms with van der Waals surface area (Å²) >= 11 is 3.46. The van der Waals surface area contributed by atoms with Crippen LogP contribution in [0.5, 0.6) is 5.75 Å². The predicted octanol–water partition coefficient (Wildman–Crippen LogP) is 6.71. The Kier molecular flexibility index (Phi) is 5.18. The fraction of sp³-hybridized carbons (Fsp3) is 0.263. The Hall–Kier alpha value is -1.82. The van der Waals surface area contributed by atoms with E-state index in [2.05, 4.69) is 15.9 Å². The van der Waals surface area contributed by atoms with Crippen LogP contribution in [0.25, 0.3) is 5.57 Å². The number of benzene rings is 2. The van der Waals surface area contributed by atoms with Gasteiger partial charge in [-0.05, 0) is 65.2 Å². The van der Waals surface area contributed by atoms with E-state index < -0.39 is 11.7 Å². The van der Waals surface area contributed by atoms with Crippen LogP contribution in [-0.2, 0) is 12.8 Å². The van der Waals surface area contributed by atoms with Crippen molar-refractivity contribution in [3.63, 3.8) is 0 Å². The lowest BCUT2D eigenvalue weighted by atomic mass is 10.0. The minimum atomic E-state index is -4.41. The number of ether oxygens (including phenoxy) is 1. The van der Waals surface area contributed by atoms with Gasteiger partial charge >= 0.3 is 6.18 Å². The lowest BCUT2D eigenvalue weighted by Gasteiger charge is -2.16. The van der Waals surface area contributed by atoms with E-state index >= 15 is 0 Å². The largest absolute Gasteiger partial charge is 0.488 e. The normalized spacial score (nSPS) is 14.9. The van der Waals surface area contributed by atoms with Gasteiger partial charge in [-0.15, -0.1) is 0 Å². The predicted molar refractivity (Wildman–Crippen MR) is 91.9 cm³/mol. The molecule has 1 nitrogen and oxygen atoms in total. The van der Waals surface area contributed by atoms with Gasteiger partial charge in [0.25, 0.3) is 0 Å². The second kappa shape index (κ2) is 7.20. The molecule has 0 aliphatic heterocycles. The Morgan fingerprint density at radius 2 is 1.72 bits per heavy atom. The molecule has 0 fully saturated rings. The summed E-state index contributed by atoms with van der Waals surface area (Å²) in [6, 6.07) is 9.33. The Labute approximate surface area is 151 Å². The van der Waals surface area contributed by atoms with Gasteiger partial charge in [0, 0.05) is 5.56 Å². The highest BCUT2D eigenvalue weighted by Crippen LogP contribution is 2.43. The molecule has 1 aliphatic carbocycles. The second-order valence-corrected chi connectivity index (χ2v) is 6.82. The maximum absolute atomic E-state index is 13.1. The topological polar surface area (TPSA) is 9.23 Å². The van der Waals surface area contributed by atoms with Crippen molar-refractivity contribution in [1.29, 1.82) is 0 Å². The maximum Gasteiger partial charge on any atom is 0.416 e. The van der Waals surface area contributed by atoms with Crippen molar-refractivity contribution in [3.05, 3.63) is 69.5 Å². The van der Waals surface area contributed by atoms with Crippen LogP contribution in [-0.4, -0.2) is 0 Å². The summed E-state index contributed by atoms with van der Waals surface area (Å²) in [6.07, 6.45) is -2.00. The van der Waals surface area contributed by atoms with Crippen LogP contribution in [0.1, 0.15) is 36.0 Å². The maximum atomic E-state index is 13.1. The Morgan fingerprint density at radius 1 is 1.00 bits per heavy atom. The highest BCUT2D eigenvalue weighted by Gasteiger charge is 2.32. The van der Waals surface area contributed by atoms with Crippen molar-refractivity contribution in [2.24, 2.45) is 0 Å². The van der Waals surface area contributed by atoms with Gasteiger partial charge in [-0.25, -0.2) is 4.39 Å². The Balaban J connectivity index is 1.92. The summed E-state index contributed by atoms with van der Waals surface area (Å²) in [5.41, 5.74) is 1.35. The molecule has 0 saturated carbocycles. The van der Waals surface area contributed by atoms with E-state index in [1.807, 2.05) is 0 Å². The highest BCUT2D eigenvalue weighted by molar-refractivity contribution is 9.11. The van der Waals surface area contributed by atoms with Gasteiger partial charge in [0.15, 0.2) is 0 Å². The first-order valence-electron chi connectivity index (χ1n) is 7.81. The van der Waals surface area contributed by atoms with E-state index in [-0.39, 0.29) is 12.4 Å². The smallest absolute Gasteiger partial charge is 0.416 e. The van der Waals surface area contributed by atoms with Crippen molar-refractivity contribution < 1.29 is 22.3 Å². The molecular formula is C19H15BrF4O. The van der Waals surface area contributed by atoms with Crippen LogP contribution in [0.3, 0.4) is 0 Å². The molecule has 0 N–H and O–H groups in total. The third kappa shape index (κ3) is 4.24. The van der Waals surface area contributed by atoms with Gasteiger partial charge in [0.1, 0.15) is 18.2 Å². The van der Waals surface area contributed by atoms with Crippen LogP contribution in [0.4, 0.5) is 17.6 Å². The average molecular weight is 415 g/mol. The zero-order valence-corrected chi connectivity index (χ0v) is 14.8. The summed E-state index contributed by atoms with van der Waals surface area (Å²) in [4.78, 5) is 0. The monoisotopic (exact) mass is 414 g/mol. The zero-order valence-electron chi connectivity index (χ0n) is 13.2. The molecule has 0 unspecified atom stereocenters. The molecule has 1 aliphatic rings. The number of hydrogen-bond acceptors (Lipinski definition) is 1. The van der Waals surface area contributed by atoms with E-state index in [4.69, 9.17) is 4.74 Å². The standard InChI is InChI=1S/C19H15BrF4O/c20-17-3-1-2-15(17)16-10-13(19(22,23)24)6-9-18(16)25-11-12-4-7-14(21)8-5-12/h4-10H,1-3,11H2. The van der Waals surface area contributed by atoms with Gasteiger partial charge in [0.05, 0.1) is 5.56 Å². The molecule has 0 amide bonds. The van der Waals surface area contributed by atoms with Crippen LogP contribution < -0.4 is 4.74 Å². The SMILES string of the molecule is Fc1ccc(COc2ccc(C(F)(F)F)cc2C2=C(Br)CCC2)cc1.